The van der Waals surface area contributed by atoms with Crippen molar-refractivity contribution in [1.29, 1.82) is 5.41 Å². The first-order chi connectivity index (χ1) is 15.7. The molecule has 0 saturated heterocycles. The Morgan fingerprint density at radius 1 is 1.21 bits per heavy atom. The number of pyridine rings is 2. The number of anilines is 1. The van der Waals surface area contributed by atoms with Crippen LogP contribution in [0.2, 0.25) is 0 Å². The van der Waals surface area contributed by atoms with Crippen LogP contribution in [0.4, 0.5) is 11.5 Å². The van der Waals surface area contributed by atoms with Crippen molar-refractivity contribution in [1.82, 2.24) is 9.97 Å². The fraction of sp³-hybridized carbons (Fsp3) is 0.269. The van der Waals surface area contributed by atoms with E-state index in [0.29, 0.717) is 17.1 Å². The molecule has 2 heterocycles. The maximum Gasteiger partial charge on any atom is 0.170 e. The highest BCUT2D eigenvalue weighted by Crippen LogP contribution is 2.41. The van der Waals surface area contributed by atoms with Crippen molar-refractivity contribution < 1.29 is 4.21 Å². The first kappa shape index (κ1) is 22.9. The van der Waals surface area contributed by atoms with Crippen LogP contribution in [0.5, 0.6) is 0 Å². The lowest BCUT2D eigenvalue weighted by molar-refractivity contribution is 0.684. The summed E-state index contributed by atoms with van der Waals surface area (Å²) >= 11 is 0. The van der Waals surface area contributed by atoms with Gasteiger partial charge in [-0.1, -0.05) is 26.0 Å². The van der Waals surface area contributed by atoms with Crippen molar-refractivity contribution in [2.24, 2.45) is 4.36 Å². The molecular weight excluding hydrogens is 430 g/mol. The second kappa shape index (κ2) is 8.90. The predicted molar refractivity (Wildman–Crippen MR) is 139 cm³/mol. The second-order valence-electron chi connectivity index (χ2n) is 8.69. The van der Waals surface area contributed by atoms with Crippen LogP contribution < -0.4 is 5.73 Å². The predicted octanol–water partition coefficient (Wildman–Crippen LogP) is 6.27. The van der Waals surface area contributed by atoms with Gasteiger partial charge in [0.05, 0.1) is 15.4 Å². The van der Waals surface area contributed by atoms with Crippen LogP contribution in [0.15, 0.2) is 58.0 Å². The molecule has 0 aliphatic heterocycles. The Hall–Kier alpha value is -3.32. The molecule has 0 saturated carbocycles. The Bertz CT molecular complexity index is 1440. The molecule has 170 valence electrons. The first-order valence-corrected chi connectivity index (χ1v) is 12.9. The third kappa shape index (κ3) is 4.46. The fourth-order valence-electron chi connectivity index (χ4n) is 4.10. The number of nitrogens with one attached hydrogen (secondary N) is 1. The summed E-state index contributed by atoms with van der Waals surface area (Å²) in [7, 11) is -2.69. The van der Waals surface area contributed by atoms with Gasteiger partial charge in [-0.05, 0) is 67.0 Å². The zero-order chi connectivity index (χ0) is 23.8. The molecule has 3 N–H and O–H groups in total. The Labute approximate surface area is 195 Å². The minimum absolute atomic E-state index is 0.0921. The average molecular weight is 460 g/mol. The van der Waals surface area contributed by atoms with E-state index in [-0.39, 0.29) is 5.92 Å². The normalized spacial score (nSPS) is 15.4. The topological polar surface area (TPSA) is 105 Å². The number of rotatable bonds is 5. The Morgan fingerprint density at radius 3 is 2.64 bits per heavy atom. The van der Waals surface area contributed by atoms with E-state index in [1.54, 1.807) is 18.5 Å². The fourth-order valence-corrected chi connectivity index (χ4v) is 5.45. The van der Waals surface area contributed by atoms with Crippen LogP contribution in [0.3, 0.4) is 0 Å². The number of aromatic nitrogens is 2. The molecule has 0 radical (unpaired) electrons. The molecule has 1 aliphatic rings. The van der Waals surface area contributed by atoms with Gasteiger partial charge in [-0.2, -0.15) is 4.36 Å². The summed E-state index contributed by atoms with van der Waals surface area (Å²) in [5.41, 5.74) is 11.1. The molecule has 2 aromatic heterocycles. The highest BCUT2D eigenvalue weighted by molar-refractivity contribution is 7.97. The van der Waals surface area contributed by atoms with Gasteiger partial charge in [-0.3, -0.25) is 4.98 Å². The number of fused-ring (bicyclic) bond motifs is 1. The van der Waals surface area contributed by atoms with Gasteiger partial charge in [0.15, 0.2) is 5.82 Å². The molecule has 0 bridgehead atoms. The molecule has 0 spiro atoms. The Morgan fingerprint density at radius 2 is 2.00 bits per heavy atom. The van der Waals surface area contributed by atoms with Crippen LogP contribution >= 0.6 is 0 Å². The lowest BCUT2D eigenvalue weighted by Crippen LogP contribution is -2.04. The van der Waals surface area contributed by atoms with E-state index in [0.717, 1.165) is 51.0 Å². The highest BCUT2D eigenvalue weighted by atomic mass is 32.2. The van der Waals surface area contributed by atoms with E-state index in [4.69, 9.17) is 20.5 Å². The molecule has 1 atom stereocenters. The van der Waals surface area contributed by atoms with Gasteiger partial charge in [0.2, 0.25) is 0 Å². The Balaban J connectivity index is 2.13. The number of hydrogen-bond donors (Lipinski definition) is 2. The van der Waals surface area contributed by atoms with Crippen LogP contribution in [0.1, 0.15) is 49.6 Å². The number of aryl methyl sites for hydroxylation is 1. The summed E-state index contributed by atoms with van der Waals surface area (Å²) < 4.78 is 18.3. The van der Waals surface area contributed by atoms with Crippen LogP contribution in [0, 0.1) is 12.3 Å². The van der Waals surface area contributed by atoms with Crippen molar-refractivity contribution in [3.8, 4) is 11.1 Å². The molecule has 0 amide bonds. The van der Waals surface area contributed by atoms with E-state index >= 15 is 0 Å². The van der Waals surface area contributed by atoms with Crippen molar-refractivity contribution in [3.63, 3.8) is 0 Å². The highest BCUT2D eigenvalue weighted by Gasteiger charge is 2.21. The summed E-state index contributed by atoms with van der Waals surface area (Å²) in [6.45, 7) is 6.12. The molecule has 4 rings (SSSR count). The van der Waals surface area contributed by atoms with Gasteiger partial charge < -0.3 is 11.1 Å². The number of benzene rings is 1. The minimum atomic E-state index is -2.69. The molecule has 33 heavy (non-hydrogen) atoms. The van der Waals surface area contributed by atoms with Gasteiger partial charge in [-0.15, -0.1) is 0 Å². The number of nitrogens with zero attached hydrogens (tertiary/aromatic N) is 3. The molecule has 1 unspecified atom stereocenters. The summed E-state index contributed by atoms with van der Waals surface area (Å²) in [6.07, 6.45) is 12.4. The van der Waals surface area contributed by atoms with E-state index in [1.807, 2.05) is 43.4 Å². The van der Waals surface area contributed by atoms with Crippen molar-refractivity contribution in [2.45, 2.75) is 39.5 Å². The SMILES string of the molecule is Cc1cc(-c2c(C(C)C)nc(N=S(C)(=O)C3=CCCC=C3)c3cc(N)c(C=N)cc23)ccn1. The summed E-state index contributed by atoms with van der Waals surface area (Å²) in [6, 6.07) is 7.70. The largest absolute Gasteiger partial charge is 0.398 e. The van der Waals surface area contributed by atoms with Crippen molar-refractivity contribution in [2.75, 3.05) is 12.0 Å². The maximum atomic E-state index is 13.6. The number of nitrogens with two attached hydrogens (primary N) is 1. The smallest absolute Gasteiger partial charge is 0.170 e. The zero-order valence-electron chi connectivity index (χ0n) is 19.4. The molecule has 1 aromatic carbocycles. The van der Waals surface area contributed by atoms with Gasteiger partial charge in [0.25, 0.3) is 0 Å². The molecule has 3 aromatic rings. The molecule has 6 nitrogen and oxygen atoms in total. The third-order valence-electron chi connectivity index (χ3n) is 5.76. The second-order valence-corrected chi connectivity index (χ2v) is 10.9. The Kier molecular flexibility index (Phi) is 6.17. The molecule has 0 fully saturated rings. The summed E-state index contributed by atoms with van der Waals surface area (Å²) in [5.74, 6) is 0.508. The maximum absolute atomic E-state index is 13.6. The summed E-state index contributed by atoms with van der Waals surface area (Å²) in [5, 5.41) is 9.43. The van der Waals surface area contributed by atoms with Gasteiger partial charge in [-0.25, -0.2) is 9.19 Å². The zero-order valence-corrected chi connectivity index (χ0v) is 20.2. The lowest BCUT2D eigenvalue weighted by Gasteiger charge is -2.19. The van der Waals surface area contributed by atoms with Crippen molar-refractivity contribution in [3.05, 3.63) is 70.5 Å². The molecular formula is C26H29N5OS. The van der Waals surface area contributed by atoms with E-state index in [2.05, 4.69) is 18.8 Å². The van der Waals surface area contributed by atoms with E-state index in [1.165, 1.54) is 6.21 Å². The van der Waals surface area contributed by atoms with Crippen LogP contribution in [-0.2, 0) is 9.73 Å². The minimum Gasteiger partial charge on any atom is -0.398 e. The monoisotopic (exact) mass is 459 g/mol. The third-order valence-corrected chi connectivity index (χ3v) is 7.46. The van der Waals surface area contributed by atoms with Gasteiger partial charge in [0.1, 0.15) is 0 Å². The van der Waals surface area contributed by atoms with E-state index in [9.17, 15) is 4.21 Å². The summed E-state index contributed by atoms with van der Waals surface area (Å²) in [4.78, 5) is 10.0. The van der Waals surface area contributed by atoms with Gasteiger partial charge >= 0.3 is 0 Å². The average Bonchev–Trinajstić information content (AvgIpc) is 2.79. The number of allylic oxidation sites excluding steroid dienone is 3. The number of nitrogen functional groups attached to an aromatic ring is 1. The van der Waals surface area contributed by atoms with Crippen molar-refractivity contribution >= 4 is 38.2 Å². The molecule has 7 heteroatoms. The molecule has 1 aliphatic carbocycles. The number of hydrogen-bond acceptors (Lipinski definition) is 6. The first-order valence-electron chi connectivity index (χ1n) is 11.0. The lowest BCUT2D eigenvalue weighted by atomic mass is 9.91. The van der Waals surface area contributed by atoms with Gasteiger partial charge in [0, 0.05) is 51.5 Å². The van der Waals surface area contributed by atoms with Crippen LogP contribution in [-0.4, -0.2) is 26.6 Å². The van der Waals surface area contributed by atoms with Crippen LogP contribution in [0.25, 0.3) is 21.9 Å². The quantitative estimate of drug-likeness (QED) is 0.346. The standard InChI is InChI=1S/C26H29N5OS/c1-16(2)25-24(18-10-11-29-17(3)12-18)21-13-19(15-27)23(28)14-22(21)26(30-25)31-33(4,32)20-8-6-5-7-9-20/h6,8-16,27H,5,7,28H2,1-4H3. The van der Waals surface area contributed by atoms with E-state index < -0.39 is 9.73 Å².